The molecule has 0 fully saturated rings. The van der Waals surface area contributed by atoms with E-state index < -0.39 is 0 Å². The molecular formula is C10H14N2S. The predicted octanol–water partition coefficient (Wildman–Crippen LogP) is 2.02. The van der Waals surface area contributed by atoms with Gasteiger partial charge in [-0.15, -0.1) is 0 Å². The van der Waals surface area contributed by atoms with Crippen LogP contribution in [0.3, 0.4) is 0 Å². The highest BCUT2D eigenvalue weighted by molar-refractivity contribution is 7.80. The van der Waals surface area contributed by atoms with E-state index in [9.17, 15) is 0 Å². The van der Waals surface area contributed by atoms with Crippen molar-refractivity contribution in [2.24, 2.45) is 11.7 Å². The molecule has 70 valence electrons. The molecule has 1 rings (SSSR count). The Morgan fingerprint density at radius 2 is 2.08 bits per heavy atom. The molecule has 1 atom stereocenters. The molecule has 1 unspecified atom stereocenters. The number of nitrogens with one attached hydrogen (secondary N) is 1. The average Bonchev–Trinajstić information content (AvgIpc) is 2.15. The van der Waals surface area contributed by atoms with Gasteiger partial charge >= 0.3 is 0 Å². The number of rotatable bonds is 4. The predicted molar refractivity (Wildman–Crippen MR) is 60.9 cm³/mol. The highest BCUT2D eigenvalue weighted by atomic mass is 32.1. The lowest BCUT2D eigenvalue weighted by Crippen LogP contribution is -2.25. The Morgan fingerprint density at radius 3 is 2.62 bits per heavy atom. The maximum absolute atomic E-state index is 5.49. The Morgan fingerprint density at radius 1 is 1.46 bits per heavy atom. The van der Waals surface area contributed by atoms with Crippen molar-refractivity contribution in [1.29, 1.82) is 0 Å². The summed E-state index contributed by atoms with van der Waals surface area (Å²) < 4.78 is 0. The molecule has 0 bridgehead atoms. The summed E-state index contributed by atoms with van der Waals surface area (Å²) in [5, 5.41) is 3.26. The number of para-hydroxylation sites is 1. The van der Waals surface area contributed by atoms with Gasteiger partial charge in [-0.2, -0.15) is 0 Å². The van der Waals surface area contributed by atoms with Gasteiger partial charge in [-0.1, -0.05) is 37.3 Å². The summed E-state index contributed by atoms with van der Waals surface area (Å²) in [5.41, 5.74) is 6.59. The number of thiocarbonyl (C=S) groups is 1. The van der Waals surface area contributed by atoms with Gasteiger partial charge in [0.25, 0.3) is 0 Å². The minimum absolute atomic E-state index is 0.232. The third-order valence-electron chi connectivity index (χ3n) is 1.87. The Hall–Kier alpha value is -1.09. The van der Waals surface area contributed by atoms with Gasteiger partial charge in [-0.3, -0.25) is 0 Å². The zero-order valence-corrected chi connectivity index (χ0v) is 8.47. The molecule has 0 amide bonds. The van der Waals surface area contributed by atoms with E-state index >= 15 is 0 Å². The van der Waals surface area contributed by atoms with Gasteiger partial charge in [-0.25, -0.2) is 0 Å². The fourth-order valence-electron chi connectivity index (χ4n) is 0.928. The van der Waals surface area contributed by atoms with Gasteiger partial charge in [0, 0.05) is 18.2 Å². The largest absolute Gasteiger partial charge is 0.393 e. The Balaban J connectivity index is 2.39. The standard InChI is InChI=1S/C10H14N2S/c1-8(10(11)13)7-12-9-5-3-2-4-6-9/h2-6,8,12H,7H2,1H3,(H2,11,13). The van der Waals surface area contributed by atoms with Crippen LogP contribution >= 0.6 is 12.2 Å². The molecule has 0 aliphatic heterocycles. The summed E-state index contributed by atoms with van der Waals surface area (Å²) >= 11 is 4.87. The van der Waals surface area contributed by atoms with Crippen LogP contribution in [0.5, 0.6) is 0 Å². The van der Waals surface area contributed by atoms with E-state index in [0.717, 1.165) is 12.2 Å². The van der Waals surface area contributed by atoms with Gasteiger partial charge in [0.1, 0.15) is 0 Å². The van der Waals surface area contributed by atoms with Crippen LogP contribution in [0, 0.1) is 5.92 Å². The molecule has 0 spiro atoms. The van der Waals surface area contributed by atoms with E-state index in [1.807, 2.05) is 37.3 Å². The van der Waals surface area contributed by atoms with Gasteiger partial charge < -0.3 is 11.1 Å². The van der Waals surface area contributed by atoms with Crippen LogP contribution in [-0.4, -0.2) is 11.5 Å². The molecule has 1 aromatic carbocycles. The Kier molecular flexibility index (Phi) is 3.71. The van der Waals surface area contributed by atoms with Crippen LogP contribution in [0.1, 0.15) is 6.92 Å². The van der Waals surface area contributed by atoms with E-state index in [1.165, 1.54) is 0 Å². The first-order chi connectivity index (χ1) is 6.20. The molecule has 0 aliphatic rings. The fourth-order valence-corrected chi connectivity index (χ4v) is 1.01. The molecule has 0 radical (unpaired) electrons. The molecule has 0 aliphatic carbocycles. The summed E-state index contributed by atoms with van der Waals surface area (Å²) in [5.74, 6) is 0.232. The molecule has 3 heteroatoms. The molecule has 0 aromatic heterocycles. The quantitative estimate of drug-likeness (QED) is 0.720. The second-order valence-electron chi connectivity index (χ2n) is 3.05. The molecule has 2 nitrogen and oxygen atoms in total. The normalized spacial score (nSPS) is 12.1. The van der Waals surface area contributed by atoms with E-state index in [4.69, 9.17) is 18.0 Å². The fraction of sp³-hybridized carbons (Fsp3) is 0.300. The topological polar surface area (TPSA) is 38.0 Å². The number of anilines is 1. The van der Waals surface area contributed by atoms with E-state index in [2.05, 4.69) is 5.32 Å². The van der Waals surface area contributed by atoms with E-state index in [0.29, 0.717) is 4.99 Å². The first-order valence-corrected chi connectivity index (χ1v) is 4.69. The minimum Gasteiger partial charge on any atom is -0.393 e. The maximum Gasteiger partial charge on any atom is 0.0773 e. The average molecular weight is 194 g/mol. The van der Waals surface area contributed by atoms with Crippen molar-refractivity contribution < 1.29 is 0 Å². The van der Waals surface area contributed by atoms with Gasteiger partial charge in [0.05, 0.1) is 4.99 Å². The van der Waals surface area contributed by atoms with Crippen LogP contribution in [0.25, 0.3) is 0 Å². The second kappa shape index (κ2) is 4.82. The van der Waals surface area contributed by atoms with Crippen molar-refractivity contribution >= 4 is 22.9 Å². The number of hydrogen-bond acceptors (Lipinski definition) is 2. The van der Waals surface area contributed by atoms with Gasteiger partial charge in [0.2, 0.25) is 0 Å². The van der Waals surface area contributed by atoms with Gasteiger partial charge in [0.15, 0.2) is 0 Å². The van der Waals surface area contributed by atoms with Crippen molar-refractivity contribution in [3.63, 3.8) is 0 Å². The molecule has 13 heavy (non-hydrogen) atoms. The highest BCUT2D eigenvalue weighted by Crippen LogP contribution is 2.06. The summed E-state index contributed by atoms with van der Waals surface area (Å²) in [7, 11) is 0. The van der Waals surface area contributed by atoms with Crippen LogP contribution in [0.2, 0.25) is 0 Å². The molecular weight excluding hydrogens is 180 g/mol. The van der Waals surface area contributed by atoms with E-state index in [-0.39, 0.29) is 5.92 Å². The summed E-state index contributed by atoms with van der Waals surface area (Å²) in [6.07, 6.45) is 0. The van der Waals surface area contributed by atoms with Crippen molar-refractivity contribution in [3.8, 4) is 0 Å². The first kappa shape index (κ1) is 9.99. The lowest BCUT2D eigenvalue weighted by Gasteiger charge is -2.11. The molecule has 0 heterocycles. The second-order valence-corrected chi connectivity index (χ2v) is 3.52. The first-order valence-electron chi connectivity index (χ1n) is 4.28. The third-order valence-corrected chi connectivity index (χ3v) is 2.27. The van der Waals surface area contributed by atoms with Gasteiger partial charge in [-0.05, 0) is 12.1 Å². The summed E-state index contributed by atoms with van der Waals surface area (Å²) in [6, 6.07) is 10.0. The van der Waals surface area contributed by atoms with Crippen molar-refractivity contribution in [1.82, 2.24) is 0 Å². The zero-order valence-electron chi connectivity index (χ0n) is 7.66. The maximum atomic E-state index is 5.49. The van der Waals surface area contributed by atoms with E-state index in [1.54, 1.807) is 0 Å². The highest BCUT2D eigenvalue weighted by Gasteiger charge is 2.03. The lowest BCUT2D eigenvalue weighted by atomic mass is 10.2. The number of nitrogens with two attached hydrogens (primary N) is 1. The van der Waals surface area contributed by atoms with Crippen LogP contribution in [0.4, 0.5) is 5.69 Å². The number of benzene rings is 1. The Labute approximate surface area is 84.1 Å². The molecule has 1 aromatic rings. The van der Waals surface area contributed by atoms with Crippen molar-refractivity contribution in [2.45, 2.75) is 6.92 Å². The number of hydrogen-bond donors (Lipinski definition) is 2. The molecule has 3 N–H and O–H groups in total. The van der Waals surface area contributed by atoms with Crippen LogP contribution in [0.15, 0.2) is 30.3 Å². The molecule has 0 saturated heterocycles. The summed E-state index contributed by atoms with van der Waals surface area (Å²) in [6.45, 7) is 2.80. The summed E-state index contributed by atoms with van der Waals surface area (Å²) in [4.78, 5) is 0.559. The smallest absolute Gasteiger partial charge is 0.0773 e. The molecule has 0 saturated carbocycles. The minimum atomic E-state index is 0.232. The van der Waals surface area contributed by atoms with Crippen LogP contribution in [-0.2, 0) is 0 Å². The third kappa shape index (κ3) is 3.42. The zero-order chi connectivity index (χ0) is 9.68. The van der Waals surface area contributed by atoms with Crippen molar-refractivity contribution in [2.75, 3.05) is 11.9 Å². The van der Waals surface area contributed by atoms with Crippen LogP contribution < -0.4 is 11.1 Å². The lowest BCUT2D eigenvalue weighted by molar-refractivity contribution is 0.821. The Bertz CT molecular complexity index is 272. The van der Waals surface area contributed by atoms with Crippen molar-refractivity contribution in [3.05, 3.63) is 30.3 Å². The monoisotopic (exact) mass is 194 g/mol. The SMILES string of the molecule is CC(CNc1ccccc1)C(N)=S.